The van der Waals surface area contributed by atoms with Crippen molar-refractivity contribution in [2.75, 3.05) is 6.54 Å². The van der Waals surface area contributed by atoms with Crippen LogP contribution in [-0.4, -0.2) is 23.7 Å². The molecule has 3 nitrogen and oxygen atoms in total. The Morgan fingerprint density at radius 1 is 1.30 bits per heavy atom. The number of carbonyl (C=O) groups excluding carboxylic acids is 1. The number of aliphatic hydroxyl groups is 1. The fourth-order valence-corrected chi connectivity index (χ4v) is 1.78. The molecule has 1 amide bonds. The smallest absolute Gasteiger partial charge is 0.220 e. The van der Waals surface area contributed by atoms with Crippen LogP contribution in [0, 0.1) is 5.92 Å². The summed E-state index contributed by atoms with van der Waals surface area (Å²) in [4.78, 5) is 11.6. The predicted octanol–water partition coefficient (Wildman–Crippen LogP) is 3.00. The highest BCUT2D eigenvalue weighted by Crippen LogP contribution is 2.05. The van der Waals surface area contributed by atoms with E-state index in [0.717, 1.165) is 12.0 Å². The molecule has 0 radical (unpaired) electrons. The molecular formula is C17H25NO2. The second-order valence-corrected chi connectivity index (χ2v) is 5.30. The van der Waals surface area contributed by atoms with Gasteiger partial charge in [-0.3, -0.25) is 4.79 Å². The van der Waals surface area contributed by atoms with Gasteiger partial charge in [0.2, 0.25) is 5.91 Å². The van der Waals surface area contributed by atoms with Crippen molar-refractivity contribution < 1.29 is 9.90 Å². The van der Waals surface area contributed by atoms with Gasteiger partial charge in [0, 0.05) is 13.0 Å². The van der Waals surface area contributed by atoms with E-state index in [1.165, 1.54) is 0 Å². The quantitative estimate of drug-likeness (QED) is 0.766. The van der Waals surface area contributed by atoms with Crippen molar-refractivity contribution in [3.05, 3.63) is 42.0 Å². The predicted molar refractivity (Wildman–Crippen MR) is 83.2 cm³/mol. The lowest BCUT2D eigenvalue weighted by Crippen LogP contribution is -2.28. The van der Waals surface area contributed by atoms with Crippen molar-refractivity contribution in [1.29, 1.82) is 0 Å². The Bertz CT molecular complexity index is 412. The summed E-state index contributed by atoms with van der Waals surface area (Å²) in [5.41, 5.74) is 1.15. The van der Waals surface area contributed by atoms with E-state index in [1.54, 1.807) is 0 Å². The third kappa shape index (κ3) is 7.10. The van der Waals surface area contributed by atoms with Crippen molar-refractivity contribution in [2.45, 2.75) is 39.2 Å². The van der Waals surface area contributed by atoms with Crippen LogP contribution in [0.15, 0.2) is 36.4 Å². The first-order chi connectivity index (χ1) is 9.59. The van der Waals surface area contributed by atoms with E-state index >= 15 is 0 Å². The molecule has 1 aromatic rings. The van der Waals surface area contributed by atoms with Gasteiger partial charge >= 0.3 is 0 Å². The fourth-order valence-electron chi connectivity index (χ4n) is 1.78. The zero-order chi connectivity index (χ0) is 14.8. The van der Waals surface area contributed by atoms with Crippen LogP contribution in [0.25, 0.3) is 6.08 Å². The van der Waals surface area contributed by atoms with Crippen molar-refractivity contribution in [2.24, 2.45) is 5.92 Å². The van der Waals surface area contributed by atoms with E-state index in [4.69, 9.17) is 0 Å². The van der Waals surface area contributed by atoms with Gasteiger partial charge in [-0.05, 0) is 24.3 Å². The fraction of sp³-hybridized carbons (Fsp3) is 0.471. The van der Waals surface area contributed by atoms with Gasteiger partial charge < -0.3 is 10.4 Å². The van der Waals surface area contributed by atoms with E-state index in [0.29, 0.717) is 19.4 Å². The van der Waals surface area contributed by atoms with E-state index in [2.05, 4.69) is 5.32 Å². The molecule has 110 valence electrons. The van der Waals surface area contributed by atoms with Crippen LogP contribution >= 0.6 is 0 Å². The molecule has 0 saturated carbocycles. The largest absolute Gasteiger partial charge is 0.393 e. The highest BCUT2D eigenvalue weighted by Gasteiger charge is 2.08. The highest BCUT2D eigenvalue weighted by atomic mass is 16.3. The standard InChI is InChI=1S/C17H25NO2/c1-14(2)16(19)12-13-18-17(20)11-7-6-10-15-8-4-3-5-9-15/h3-6,8-10,14,16,19H,7,11-13H2,1-2H3,(H,18,20). The number of hydrogen-bond acceptors (Lipinski definition) is 2. The Labute approximate surface area is 121 Å². The van der Waals surface area contributed by atoms with Crippen LogP contribution in [0.1, 0.15) is 38.7 Å². The second-order valence-electron chi connectivity index (χ2n) is 5.30. The molecule has 0 aliphatic heterocycles. The molecule has 0 aromatic heterocycles. The van der Waals surface area contributed by atoms with Gasteiger partial charge in [-0.1, -0.05) is 56.3 Å². The molecule has 0 aliphatic carbocycles. The Hall–Kier alpha value is -1.61. The molecule has 1 aromatic carbocycles. The summed E-state index contributed by atoms with van der Waals surface area (Å²) in [6.07, 6.45) is 5.53. The number of hydrogen-bond donors (Lipinski definition) is 2. The summed E-state index contributed by atoms with van der Waals surface area (Å²) < 4.78 is 0. The second kappa shape index (κ2) is 9.32. The molecule has 1 rings (SSSR count). The number of benzene rings is 1. The minimum absolute atomic E-state index is 0.0404. The third-order valence-corrected chi connectivity index (χ3v) is 3.18. The number of carbonyl (C=O) groups is 1. The maximum atomic E-state index is 11.6. The Kier molecular flexibility index (Phi) is 7.66. The lowest BCUT2D eigenvalue weighted by molar-refractivity contribution is -0.121. The summed E-state index contributed by atoms with van der Waals surface area (Å²) in [7, 11) is 0. The van der Waals surface area contributed by atoms with Gasteiger partial charge in [0.05, 0.1) is 6.10 Å². The molecule has 3 heteroatoms. The summed E-state index contributed by atoms with van der Waals surface area (Å²) in [6, 6.07) is 10.0. The SMILES string of the molecule is CC(C)C(O)CCNC(=O)CCC=Cc1ccccc1. The number of aliphatic hydroxyl groups excluding tert-OH is 1. The van der Waals surface area contributed by atoms with Gasteiger partial charge in [0.25, 0.3) is 0 Å². The van der Waals surface area contributed by atoms with Crippen molar-refractivity contribution in [3.8, 4) is 0 Å². The van der Waals surface area contributed by atoms with E-state index in [9.17, 15) is 9.90 Å². The average Bonchev–Trinajstić information content (AvgIpc) is 2.44. The van der Waals surface area contributed by atoms with Crippen LogP contribution in [0.3, 0.4) is 0 Å². The van der Waals surface area contributed by atoms with Crippen molar-refractivity contribution in [3.63, 3.8) is 0 Å². The van der Waals surface area contributed by atoms with Crippen molar-refractivity contribution in [1.82, 2.24) is 5.32 Å². The average molecular weight is 275 g/mol. The zero-order valence-corrected chi connectivity index (χ0v) is 12.4. The Balaban J connectivity index is 2.13. The number of amides is 1. The molecule has 1 atom stereocenters. The van der Waals surface area contributed by atoms with E-state index in [1.807, 2.05) is 56.3 Å². The lowest BCUT2D eigenvalue weighted by atomic mass is 10.0. The van der Waals surface area contributed by atoms with Gasteiger partial charge in [-0.2, -0.15) is 0 Å². The summed E-state index contributed by atoms with van der Waals surface area (Å²) >= 11 is 0. The zero-order valence-electron chi connectivity index (χ0n) is 12.4. The molecule has 0 spiro atoms. The molecule has 0 heterocycles. The van der Waals surface area contributed by atoms with Gasteiger partial charge in [-0.15, -0.1) is 0 Å². The summed E-state index contributed by atoms with van der Waals surface area (Å²) in [6.45, 7) is 4.49. The molecule has 0 aliphatic rings. The van der Waals surface area contributed by atoms with Crippen molar-refractivity contribution >= 4 is 12.0 Å². The normalized spacial score (nSPS) is 12.8. The molecule has 1 unspecified atom stereocenters. The molecule has 0 bridgehead atoms. The number of allylic oxidation sites excluding steroid dienone is 1. The van der Waals surface area contributed by atoms with Crippen LogP contribution < -0.4 is 5.32 Å². The van der Waals surface area contributed by atoms with Crippen LogP contribution in [-0.2, 0) is 4.79 Å². The highest BCUT2D eigenvalue weighted by molar-refractivity contribution is 5.76. The molecule has 0 fully saturated rings. The third-order valence-electron chi connectivity index (χ3n) is 3.18. The van der Waals surface area contributed by atoms with E-state index in [-0.39, 0.29) is 17.9 Å². The van der Waals surface area contributed by atoms with Crippen LogP contribution in [0.5, 0.6) is 0 Å². The van der Waals surface area contributed by atoms with Crippen LogP contribution in [0.4, 0.5) is 0 Å². The van der Waals surface area contributed by atoms with Gasteiger partial charge in [0.1, 0.15) is 0 Å². The maximum absolute atomic E-state index is 11.6. The van der Waals surface area contributed by atoms with Gasteiger partial charge in [-0.25, -0.2) is 0 Å². The first kappa shape index (κ1) is 16.4. The Morgan fingerprint density at radius 2 is 2.00 bits per heavy atom. The topological polar surface area (TPSA) is 49.3 Å². The first-order valence-corrected chi connectivity index (χ1v) is 7.26. The molecule has 0 saturated heterocycles. The molecular weight excluding hydrogens is 250 g/mol. The lowest BCUT2D eigenvalue weighted by Gasteiger charge is -2.14. The van der Waals surface area contributed by atoms with Crippen LogP contribution in [0.2, 0.25) is 0 Å². The first-order valence-electron chi connectivity index (χ1n) is 7.26. The van der Waals surface area contributed by atoms with Gasteiger partial charge in [0.15, 0.2) is 0 Å². The minimum Gasteiger partial charge on any atom is -0.393 e. The van der Waals surface area contributed by atoms with E-state index < -0.39 is 0 Å². The molecule has 2 N–H and O–H groups in total. The maximum Gasteiger partial charge on any atom is 0.220 e. The number of nitrogens with one attached hydrogen (secondary N) is 1. The number of rotatable bonds is 8. The monoisotopic (exact) mass is 275 g/mol. The minimum atomic E-state index is -0.340. The Morgan fingerprint density at radius 3 is 2.65 bits per heavy atom. The summed E-state index contributed by atoms with van der Waals surface area (Å²) in [5.74, 6) is 0.277. The summed E-state index contributed by atoms with van der Waals surface area (Å²) in [5, 5.41) is 12.5. The molecule has 20 heavy (non-hydrogen) atoms.